The Hall–Kier alpha value is -1.26. The fraction of sp³-hybridized carbons (Fsp3) is 0.857. The maximum absolute atomic E-state index is 11.2. The maximum atomic E-state index is 11.2. The smallest absolute Gasteiger partial charge is 0.434 e. The summed E-state index contributed by atoms with van der Waals surface area (Å²) in [7, 11) is 0. The highest BCUT2D eigenvalue weighted by molar-refractivity contribution is 5.76. The zero-order valence-corrected chi connectivity index (χ0v) is 12.4. The van der Waals surface area contributed by atoms with Crippen molar-refractivity contribution in [2.24, 2.45) is 11.8 Å². The molecule has 0 saturated heterocycles. The Morgan fingerprint density at radius 3 is 1.32 bits per heavy atom. The molecule has 19 heavy (non-hydrogen) atoms. The molecule has 0 aromatic carbocycles. The van der Waals surface area contributed by atoms with Crippen molar-refractivity contribution >= 4 is 12.3 Å². The van der Waals surface area contributed by atoms with Crippen molar-refractivity contribution in [1.82, 2.24) is 0 Å². The van der Waals surface area contributed by atoms with Gasteiger partial charge in [0.05, 0.1) is 13.2 Å². The van der Waals surface area contributed by atoms with E-state index in [0.29, 0.717) is 11.8 Å². The molecule has 112 valence electrons. The molecule has 0 spiro atoms. The molecule has 0 rings (SSSR count). The van der Waals surface area contributed by atoms with Crippen molar-refractivity contribution in [2.75, 3.05) is 13.2 Å². The van der Waals surface area contributed by atoms with Crippen LogP contribution in [0.3, 0.4) is 0 Å². The molecule has 0 unspecified atom stereocenters. The van der Waals surface area contributed by atoms with Crippen molar-refractivity contribution in [1.29, 1.82) is 0 Å². The molecule has 5 heteroatoms. The molecule has 0 bridgehead atoms. The van der Waals surface area contributed by atoms with Gasteiger partial charge in [-0.2, -0.15) is 0 Å². The van der Waals surface area contributed by atoms with Crippen LogP contribution in [0.5, 0.6) is 0 Å². The van der Waals surface area contributed by atoms with Crippen molar-refractivity contribution in [2.45, 2.75) is 53.4 Å². The molecule has 0 aliphatic rings. The van der Waals surface area contributed by atoms with Gasteiger partial charge in [0.15, 0.2) is 0 Å². The van der Waals surface area contributed by atoms with Crippen molar-refractivity contribution in [3.8, 4) is 0 Å². The minimum atomic E-state index is -0.985. The van der Waals surface area contributed by atoms with E-state index < -0.39 is 12.3 Å². The summed E-state index contributed by atoms with van der Waals surface area (Å²) in [6, 6.07) is 0. The van der Waals surface area contributed by atoms with Crippen molar-refractivity contribution < 1.29 is 23.8 Å². The lowest BCUT2D eigenvalue weighted by atomic mass is 10.1. The van der Waals surface area contributed by atoms with Gasteiger partial charge >= 0.3 is 12.3 Å². The van der Waals surface area contributed by atoms with E-state index in [4.69, 9.17) is 9.47 Å². The van der Waals surface area contributed by atoms with E-state index >= 15 is 0 Å². The molecular weight excluding hydrogens is 248 g/mol. The zero-order valence-electron chi connectivity index (χ0n) is 12.4. The Morgan fingerprint density at radius 2 is 1.05 bits per heavy atom. The monoisotopic (exact) mass is 274 g/mol. The first-order valence-corrected chi connectivity index (χ1v) is 7.08. The summed E-state index contributed by atoms with van der Waals surface area (Å²) in [4.78, 5) is 22.5. The summed E-state index contributed by atoms with van der Waals surface area (Å²) in [5.74, 6) is 0.598. The lowest BCUT2D eigenvalue weighted by Gasteiger charge is -2.13. The Balaban J connectivity index is 3.83. The highest BCUT2D eigenvalue weighted by Crippen LogP contribution is 2.09. The minimum absolute atomic E-state index is 0.270. The number of carbonyl (C=O) groups is 2. The zero-order chi connectivity index (χ0) is 14.7. The van der Waals surface area contributed by atoms with Crippen LogP contribution in [0, 0.1) is 11.8 Å². The summed E-state index contributed by atoms with van der Waals surface area (Å²) in [6.07, 6.45) is 1.71. The Morgan fingerprint density at radius 1 is 0.737 bits per heavy atom. The van der Waals surface area contributed by atoms with Gasteiger partial charge in [-0.1, -0.05) is 53.4 Å². The molecule has 0 heterocycles. The molecule has 0 fully saturated rings. The summed E-state index contributed by atoms with van der Waals surface area (Å²) in [6.45, 7) is 8.62. The largest absolute Gasteiger partial charge is 0.518 e. The summed E-state index contributed by atoms with van der Waals surface area (Å²) < 4.78 is 14.1. The lowest BCUT2D eigenvalue weighted by Crippen LogP contribution is -2.20. The number of hydrogen-bond donors (Lipinski definition) is 0. The second kappa shape index (κ2) is 10.6. The van der Waals surface area contributed by atoms with Crippen LogP contribution in [-0.2, 0) is 14.2 Å². The maximum Gasteiger partial charge on any atom is 0.518 e. The summed E-state index contributed by atoms with van der Waals surface area (Å²) >= 11 is 0. The fourth-order valence-corrected chi connectivity index (χ4v) is 1.55. The van der Waals surface area contributed by atoms with E-state index in [-0.39, 0.29) is 13.2 Å². The van der Waals surface area contributed by atoms with Gasteiger partial charge in [0.25, 0.3) is 0 Å². The van der Waals surface area contributed by atoms with Crippen molar-refractivity contribution in [3.63, 3.8) is 0 Å². The van der Waals surface area contributed by atoms with Crippen LogP contribution < -0.4 is 0 Å². The quantitative estimate of drug-likeness (QED) is 0.491. The number of carbonyl (C=O) groups excluding carboxylic acids is 2. The molecule has 0 N–H and O–H groups in total. The van der Waals surface area contributed by atoms with Crippen LogP contribution >= 0.6 is 0 Å². The van der Waals surface area contributed by atoms with Gasteiger partial charge in [-0.05, 0) is 11.8 Å². The molecule has 0 aromatic heterocycles. The summed E-state index contributed by atoms with van der Waals surface area (Å²) in [5, 5.41) is 0. The predicted octanol–water partition coefficient (Wildman–Crippen LogP) is 4.15. The Kier molecular flexibility index (Phi) is 9.94. The first-order valence-electron chi connectivity index (χ1n) is 7.08. The standard InChI is InChI=1S/C14H26O5/c1-5-11(6-2)9-17-13(15)19-14(16)18-10-12(7-3)8-4/h11-12H,5-10H2,1-4H3. The number of ether oxygens (including phenoxy) is 3. The van der Waals surface area contributed by atoms with Gasteiger partial charge in [-0.3, -0.25) is 0 Å². The second-order valence-corrected chi connectivity index (χ2v) is 4.59. The SMILES string of the molecule is CCC(CC)COC(=O)OC(=O)OCC(CC)CC. The van der Waals surface area contributed by atoms with E-state index in [0.717, 1.165) is 25.7 Å². The molecule has 0 aliphatic heterocycles. The third kappa shape index (κ3) is 8.46. The number of rotatable bonds is 8. The first kappa shape index (κ1) is 17.7. The fourth-order valence-electron chi connectivity index (χ4n) is 1.55. The Labute approximate surface area is 115 Å². The highest BCUT2D eigenvalue weighted by Gasteiger charge is 2.16. The van der Waals surface area contributed by atoms with Gasteiger partial charge in [0.2, 0.25) is 0 Å². The number of hydrogen-bond acceptors (Lipinski definition) is 5. The molecule has 0 saturated carbocycles. The van der Waals surface area contributed by atoms with E-state index in [1.807, 2.05) is 27.7 Å². The third-order valence-corrected chi connectivity index (χ3v) is 3.35. The van der Waals surface area contributed by atoms with E-state index in [9.17, 15) is 9.59 Å². The predicted molar refractivity (Wildman–Crippen MR) is 71.9 cm³/mol. The van der Waals surface area contributed by atoms with Gasteiger partial charge in [-0.25, -0.2) is 9.59 Å². The molecule has 0 radical (unpaired) electrons. The van der Waals surface area contributed by atoms with Gasteiger partial charge in [0.1, 0.15) is 0 Å². The molecule has 0 amide bonds. The topological polar surface area (TPSA) is 61.8 Å². The van der Waals surface area contributed by atoms with Crippen LogP contribution in [0.2, 0.25) is 0 Å². The van der Waals surface area contributed by atoms with Crippen LogP contribution in [0.25, 0.3) is 0 Å². The van der Waals surface area contributed by atoms with Gasteiger partial charge in [-0.15, -0.1) is 0 Å². The van der Waals surface area contributed by atoms with Crippen LogP contribution in [0.1, 0.15) is 53.4 Å². The average molecular weight is 274 g/mol. The molecule has 0 aliphatic carbocycles. The van der Waals surface area contributed by atoms with E-state index in [2.05, 4.69) is 4.74 Å². The van der Waals surface area contributed by atoms with E-state index in [1.54, 1.807) is 0 Å². The average Bonchev–Trinajstić information content (AvgIpc) is 2.41. The van der Waals surface area contributed by atoms with Gasteiger partial charge < -0.3 is 14.2 Å². The van der Waals surface area contributed by atoms with Crippen molar-refractivity contribution in [3.05, 3.63) is 0 Å². The van der Waals surface area contributed by atoms with E-state index in [1.165, 1.54) is 0 Å². The molecular formula is C14H26O5. The van der Waals surface area contributed by atoms with Gasteiger partial charge in [0, 0.05) is 0 Å². The molecule has 0 atom stereocenters. The Bertz CT molecular complexity index is 231. The van der Waals surface area contributed by atoms with Crippen LogP contribution in [-0.4, -0.2) is 25.5 Å². The van der Waals surface area contributed by atoms with Crippen LogP contribution in [0.4, 0.5) is 9.59 Å². The lowest BCUT2D eigenvalue weighted by molar-refractivity contribution is 0.0238. The molecule has 5 nitrogen and oxygen atoms in total. The van der Waals surface area contributed by atoms with Crippen LogP contribution in [0.15, 0.2) is 0 Å². The summed E-state index contributed by atoms with van der Waals surface area (Å²) in [5.41, 5.74) is 0. The molecule has 0 aromatic rings. The normalized spacial score (nSPS) is 10.6. The third-order valence-electron chi connectivity index (χ3n) is 3.35. The minimum Gasteiger partial charge on any atom is -0.434 e. The first-order chi connectivity index (χ1) is 9.07. The highest BCUT2D eigenvalue weighted by atomic mass is 16.8. The second-order valence-electron chi connectivity index (χ2n) is 4.59.